The summed E-state index contributed by atoms with van der Waals surface area (Å²) in [5.41, 5.74) is 2.63. The molecule has 0 radical (unpaired) electrons. The number of ether oxygens (including phenoxy) is 1. The second-order valence-electron chi connectivity index (χ2n) is 7.23. The molecule has 1 heterocycles. The van der Waals surface area contributed by atoms with Gasteiger partial charge in [0.2, 0.25) is 0 Å². The van der Waals surface area contributed by atoms with Gasteiger partial charge in [-0.3, -0.25) is 4.79 Å². The van der Waals surface area contributed by atoms with E-state index in [1.54, 1.807) is 19.9 Å². The summed E-state index contributed by atoms with van der Waals surface area (Å²) >= 11 is 0. The summed E-state index contributed by atoms with van der Waals surface area (Å²) < 4.78 is 5.40. The number of aliphatic hydroxyl groups is 1. The highest BCUT2D eigenvalue weighted by Crippen LogP contribution is 2.38. The Morgan fingerprint density at radius 2 is 2.13 bits per heavy atom. The normalized spacial score (nSPS) is 28.7. The van der Waals surface area contributed by atoms with E-state index >= 15 is 0 Å². The lowest BCUT2D eigenvalue weighted by atomic mass is 9.76. The summed E-state index contributed by atoms with van der Waals surface area (Å²) in [5, 5.41) is 9.79. The smallest absolute Gasteiger partial charge is 0.313 e. The molecule has 1 aliphatic carbocycles. The van der Waals surface area contributed by atoms with Gasteiger partial charge in [-0.05, 0) is 52.0 Å². The SMILES string of the molecule is C=C1CCC=C(C)CC[C@@H]2C(=C/C=C/C(C)(C)O)COC(=O)[C@@H]12. The largest absolute Gasteiger partial charge is 0.461 e. The Hall–Kier alpha value is -1.61. The predicted octanol–water partition coefficient (Wildman–Crippen LogP) is 4.11. The molecule has 126 valence electrons. The van der Waals surface area contributed by atoms with Crippen LogP contribution in [0.2, 0.25) is 0 Å². The molecule has 0 amide bonds. The Balaban J connectivity index is 2.28. The lowest BCUT2D eigenvalue weighted by Gasteiger charge is -2.33. The molecule has 3 nitrogen and oxygen atoms in total. The van der Waals surface area contributed by atoms with Gasteiger partial charge in [0.1, 0.15) is 6.61 Å². The zero-order valence-corrected chi connectivity index (χ0v) is 14.5. The van der Waals surface area contributed by atoms with Crippen molar-refractivity contribution in [2.45, 2.75) is 52.1 Å². The molecule has 2 aliphatic rings. The monoisotopic (exact) mass is 316 g/mol. The topological polar surface area (TPSA) is 46.5 Å². The van der Waals surface area contributed by atoms with E-state index in [0.717, 1.165) is 36.8 Å². The van der Waals surface area contributed by atoms with Gasteiger partial charge in [-0.2, -0.15) is 0 Å². The van der Waals surface area contributed by atoms with Crippen molar-refractivity contribution in [1.29, 1.82) is 0 Å². The third-order valence-corrected chi connectivity index (χ3v) is 4.58. The first-order valence-electron chi connectivity index (χ1n) is 8.38. The van der Waals surface area contributed by atoms with Crippen molar-refractivity contribution in [2.75, 3.05) is 6.61 Å². The minimum absolute atomic E-state index is 0.136. The molecule has 0 spiro atoms. The van der Waals surface area contributed by atoms with Crippen molar-refractivity contribution < 1.29 is 14.6 Å². The van der Waals surface area contributed by atoms with Crippen molar-refractivity contribution in [1.82, 2.24) is 0 Å². The Labute approximate surface area is 139 Å². The summed E-state index contributed by atoms with van der Waals surface area (Å²) in [4.78, 5) is 12.3. The number of carbonyl (C=O) groups excluding carboxylic acids is 1. The van der Waals surface area contributed by atoms with Crippen LogP contribution in [0.1, 0.15) is 46.5 Å². The molecule has 0 unspecified atom stereocenters. The van der Waals surface area contributed by atoms with Crippen LogP contribution in [0.5, 0.6) is 0 Å². The average Bonchev–Trinajstić information content (AvgIpc) is 2.51. The number of hydrogen-bond donors (Lipinski definition) is 1. The van der Waals surface area contributed by atoms with Gasteiger partial charge in [-0.1, -0.05) is 42.0 Å². The van der Waals surface area contributed by atoms with Crippen molar-refractivity contribution in [3.8, 4) is 0 Å². The second kappa shape index (κ2) is 7.31. The predicted molar refractivity (Wildman–Crippen MR) is 92.8 cm³/mol. The Bertz CT molecular complexity index is 558. The van der Waals surface area contributed by atoms with E-state index in [4.69, 9.17) is 4.74 Å². The van der Waals surface area contributed by atoms with Crippen LogP contribution in [0.3, 0.4) is 0 Å². The second-order valence-corrected chi connectivity index (χ2v) is 7.23. The number of rotatable bonds is 2. The van der Waals surface area contributed by atoms with Gasteiger partial charge in [-0.25, -0.2) is 0 Å². The highest BCUT2D eigenvalue weighted by atomic mass is 16.5. The Morgan fingerprint density at radius 3 is 2.83 bits per heavy atom. The van der Waals surface area contributed by atoms with Gasteiger partial charge in [-0.15, -0.1) is 0 Å². The summed E-state index contributed by atoms with van der Waals surface area (Å²) in [6, 6.07) is 0. The lowest BCUT2D eigenvalue weighted by molar-refractivity contribution is -0.151. The third kappa shape index (κ3) is 4.93. The van der Waals surface area contributed by atoms with Crippen LogP contribution < -0.4 is 0 Å². The van der Waals surface area contributed by atoms with Crippen LogP contribution in [0.4, 0.5) is 0 Å². The van der Waals surface area contributed by atoms with Crippen molar-refractivity contribution >= 4 is 5.97 Å². The van der Waals surface area contributed by atoms with E-state index in [9.17, 15) is 9.90 Å². The molecule has 0 aromatic rings. The molecule has 2 rings (SSSR count). The van der Waals surface area contributed by atoms with Crippen LogP contribution in [-0.2, 0) is 9.53 Å². The summed E-state index contributed by atoms with van der Waals surface area (Å²) in [6.45, 7) is 10.1. The molecule has 3 heteroatoms. The van der Waals surface area contributed by atoms with Crippen molar-refractivity contribution in [2.24, 2.45) is 11.8 Å². The molecule has 1 fully saturated rings. The van der Waals surface area contributed by atoms with Crippen molar-refractivity contribution in [3.63, 3.8) is 0 Å². The Kier molecular flexibility index (Phi) is 5.64. The van der Waals surface area contributed by atoms with E-state index < -0.39 is 5.60 Å². The quantitative estimate of drug-likeness (QED) is 0.616. The van der Waals surface area contributed by atoms with Gasteiger partial charge in [0.25, 0.3) is 0 Å². The number of fused-ring (bicyclic) bond motifs is 1. The maximum Gasteiger partial charge on any atom is 0.313 e. The third-order valence-electron chi connectivity index (χ3n) is 4.58. The zero-order valence-electron chi connectivity index (χ0n) is 14.5. The first-order valence-corrected chi connectivity index (χ1v) is 8.38. The van der Waals surface area contributed by atoms with E-state index in [2.05, 4.69) is 19.6 Å². The molecule has 1 aliphatic heterocycles. The highest BCUT2D eigenvalue weighted by molar-refractivity contribution is 5.78. The van der Waals surface area contributed by atoms with E-state index in [1.165, 1.54) is 5.57 Å². The molecular formula is C20H28O3. The standard InChI is InChI=1S/C20H28O3/c1-14-7-5-8-15(2)18-17(11-10-14)16(13-23-19(18)21)9-6-12-20(3,4)22/h6-7,9,12,17-18,22H,2,5,8,10-11,13H2,1,3-4H3/b12-6+,14-7?,16-9?/t17-,18+/m1/s1. The van der Waals surface area contributed by atoms with Crippen LogP contribution in [-0.4, -0.2) is 23.3 Å². The molecule has 23 heavy (non-hydrogen) atoms. The van der Waals surface area contributed by atoms with Gasteiger partial charge in [0.15, 0.2) is 0 Å². The lowest BCUT2D eigenvalue weighted by Crippen LogP contribution is -2.35. The fourth-order valence-electron chi connectivity index (χ4n) is 3.26. The fraction of sp³-hybridized carbons (Fsp3) is 0.550. The average molecular weight is 316 g/mol. The van der Waals surface area contributed by atoms with Crippen LogP contribution in [0.25, 0.3) is 0 Å². The first kappa shape index (κ1) is 17.7. The number of esters is 1. The Morgan fingerprint density at radius 1 is 1.39 bits per heavy atom. The molecule has 0 aromatic heterocycles. The molecular weight excluding hydrogens is 288 g/mol. The van der Waals surface area contributed by atoms with Crippen molar-refractivity contribution in [3.05, 3.63) is 47.6 Å². The zero-order chi connectivity index (χ0) is 17.0. The van der Waals surface area contributed by atoms with Gasteiger partial charge < -0.3 is 9.84 Å². The summed E-state index contributed by atoms with van der Waals surface area (Å²) in [6.07, 6.45) is 11.6. The fourth-order valence-corrected chi connectivity index (χ4v) is 3.26. The van der Waals surface area contributed by atoms with Crippen LogP contribution in [0.15, 0.2) is 47.6 Å². The van der Waals surface area contributed by atoms with E-state index in [-0.39, 0.29) is 17.8 Å². The maximum absolute atomic E-state index is 12.3. The highest BCUT2D eigenvalue weighted by Gasteiger charge is 2.38. The summed E-state index contributed by atoms with van der Waals surface area (Å²) in [7, 11) is 0. The molecule has 0 bridgehead atoms. The first-order chi connectivity index (χ1) is 10.8. The molecule has 0 saturated carbocycles. The minimum Gasteiger partial charge on any atom is -0.461 e. The number of hydrogen-bond acceptors (Lipinski definition) is 3. The minimum atomic E-state index is -0.844. The van der Waals surface area contributed by atoms with E-state index in [1.807, 2.05) is 12.2 Å². The number of cyclic esters (lactones) is 1. The summed E-state index contributed by atoms with van der Waals surface area (Å²) in [5.74, 6) is -0.218. The maximum atomic E-state index is 12.3. The molecule has 2 atom stereocenters. The number of carbonyl (C=O) groups is 1. The van der Waals surface area contributed by atoms with Gasteiger partial charge >= 0.3 is 5.97 Å². The molecule has 1 saturated heterocycles. The van der Waals surface area contributed by atoms with E-state index in [0.29, 0.717) is 6.61 Å². The van der Waals surface area contributed by atoms with Gasteiger partial charge in [0, 0.05) is 5.92 Å². The van der Waals surface area contributed by atoms with Gasteiger partial charge in [0.05, 0.1) is 11.5 Å². The number of allylic oxidation sites excluding steroid dienone is 4. The van der Waals surface area contributed by atoms with Crippen LogP contribution >= 0.6 is 0 Å². The molecule has 1 N–H and O–H groups in total. The molecule has 0 aromatic carbocycles. The van der Waals surface area contributed by atoms with Crippen LogP contribution in [0, 0.1) is 11.8 Å².